The molecule has 14 heavy (non-hydrogen) atoms. The summed E-state index contributed by atoms with van der Waals surface area (Å²) in [7, 11) is 2.49. The van der Waals surface area contributed by atoms with E-state index in [1.54, 1.807) is 0 Å². The van der Waals surface area contributed by atoms with Gasteiger partial charge in [0.1, 0.15) is 0 Å². The summed E-state index contributed by atoms with van der Waals surface area (Å²) >= 11 is 0. The van der Waals surface area contributed by atoms with E-state index in [1.807, 2.05) is 20.8 Å². The molecule has 0 spiro atoms. The molecule has 4 nitrogen and oxygen atoms in total. The van der Waals surface area contributed by atoms with Crippen LogP contribution in [0.5, 0.6) is 0 Å². The van der Waals surface area contributed by atoms with Crippen molar-refractivity contribution in [1.29, 1.82) is 0 Å². The topological polar surface area (TPSA) is 52.6 Å². The van der Waals surface area contributed by atoms with Crippen LogP contribution in [0, 0.1) is 5.41 Å². The van der Waals surface area contributed by atoms with Gasteiger partial charge in [0.25, 0.3) is 12.1 Å². The summed E-state index contributed by atoms with van der Waals surface area (Å²) in [5.74, 6) is -2.27. The van der Waals surface area contributed by atoms with Crippen LogP contribution in [0.2, 0.25) is 0 Å². The smallest absolute Gasteiger partial charge is 0.298 e. The van der Waals surface area contributed by atoms with Gasteiger partial charge in [-0.1, -0.05) is 20.8 Å². The summed E-state index contributed by atoms with van der Waals surface area (Å²) in [5, 5.41) is 0. The first kappa shape index (κ1) is 13.3. The summed E-state index contributed by atoms with van der Waals surface area (Å²) in [6, 6.07) is 0. The van der Waals surface area contributed by atoms with Crippen molar-refractivity contribution in [2.75, 3.05) is 14.2 Å². The number of Topliss-reactive ketones (excluding diaryl/α,β-unsaturated/α-hetero) is 1. The molecule has 0 rings (SSSR count). The number of ether oxygens (including phenoxy) is 2. The van der Waals surface area contributed by atoms with E-state index < -0.39 is 11.6 Å². The second kappa shape index (κ2) is 4.66. The predicted molar refractivity (Wildman–Crippen MR) is 51.5 cm³/mol. The highest BCUT2D eigenvalue weighted by Gasteiger charge is 2.41. The molecule has 0 saturated heterocycles. The quantitative estimate of drug-likeness (QED) is 0.493. The summed E-state index contributed by atoms with van der Waals surface area (Å²) in [4.78, 5) is 22.3. The maximum absolute atomic E-state index is 11.7. The Kier molecular flexibility index (Phi) is 4.42. The zero-order valence-electron chi connectivity index (χ0n) is 9.34. The summed E-state index contributed by atoms with van der Waals surface area (Å²) in [6.07, 6.45) is 1.69. The molecule has 0 heterocycles. The molecule has 4 heteroatoms. The second-order valence-corrected chi connectivity index (χ2v) is 4.29. The lowest BCUT2D eigenvalue weighted by atomic mass is 9.87. The number of ketones is 1. The third kappa shape index (κ3) is 3.20. The first-order valence-corrected chi connectivity index (χ1v) is 4.34. The normalized spacial score (nSPS) is 12.6. The zero-order chi connectivity index (χ0) is 11.4. The standard InChI is InChI=1S/C10H17O4/c1-9(2,3)6-8(12)10(7-11,13-4)14-5/h6H2,1-5H3. The van der Waals surface area contributed by atoms with Crippen molar-refractivity contribution in [3.8, 4) is 0 Å². The van der Waals surface area contributed by atoms with Gasteiger partial charge in [0.05, 0.1) is 0 Å². The minimum atomic E-state index is -1.85. The zero-order valence-corrected chi connectivity index (χ0v) is 9.34. The molecule has 81 valence electrons. The molecule has 0 aromatic carbocycles. The molecule has 1 radical (unpaired) electrons. The highest BCUT2D eigenvalue weighted by molar-refractivity contribution is 6.00. The van der Waals surface area contributed by atoms with Gasteiger partial charge in [0, 0.05) is 20.6 Å². The lowest BCUT2D eigenvalue weighted by Gasteiger charge is -2.26. The van der Waals surface area contributed by atoms with Crippen molar-refractivity contribution in [3.63, 3.8) is 0 Å². The van der Waals surface area contributed by atoms with Crippen LogP contribution in [0.4, 0.5) is 0 Å². The number of methoxy groups -OCH3 is 2. The lowest BCUT2D eigenvalue weighted by molar-refractivity contribution is -0.179. The third-order valence-corrected chi connectivity index (χ3v) is 1.77. The number of carbonyl (C=O) groups excluding carboxylic acids is 2. The van der Waals surface area contributed by atoms with Crippen LogP contribution < -0.4 is 0 Å². The molecule has 0 unspecified atom stereocenters. The van der Waals surface area contributed by atoms with Crippen LogP contribution in [0.3, 0.4) is 0 Å². The number of carbonyl (C=O) groups is 1. The largest absolute Gasteiger partial charge is 0.341 e. The fourth-order valence-corrected chi connectivity index (χ4v) is 1.05. The van der Waals surface area contributed by atoms with Gasteiger partial charge in [0.15, 0.2) is 0 Å². The van der Waals surface area contributed by atoms with Crippen molar-refractivity contribution in [3.05, 3.63) is 0 Å². The molecule has 0 amide bonds. The molecule has 0 aliphatic rings. The summed E-state index contributed by atoms with van der Waals surface area (Å²) < 4.78 is 9.50. The first-order chi connectivity index (χ1) is 6.31. The van der Waals surface area contributed by atoms with E-state index in [1.165, 1.54) is 20.5 Å². The predicted octanol–water partition coefficient (Wildman–Crippen LogP) is 1.09. The Hall–Kier alpha value is -0.740. The molecular formula is C10H17O4. The van der Waals surface area contributed by atoms with E-state index >= 15 is 0 Å². The minimum Gasteiger partial charge on any atom is -0.341 e. The van der Waals surface area contributed by atoms with Gasteiger partial charge in [-0.3, -0.25) is 9.59 Å². The number of hydrogen-bond donors (Lipinski definition) is 0. The molecule has 0 aromatic rings. The van der Waals surface area contributed by atoms with Crippen molar-refractivity contribution >= 4 is 12.1 Å². The number of hydrogen-bond acceptors (Lipinski definition) is 4. The van der Waals surface area contributed by atoms with E-state index in [4.69, 9.17) is 9.47 Å². The Balaban J connectivity index is 4.70. The fraction of sp³-hybridized carbons (Fsp3) is 0.800. The van der Waals surface area contributed by atoms with E-state index in [0.29, 0.717) is 0 Å². The molecule has 0 saturated carbocycles. The first-order valence-electron chi connectivity index (χ1n) is 4.34. The second-order valence-electron chi connectivity index (χ2n) is 4.29. The van der Waals surface area contributed by atoms with Crippen LogP contribution in [0.25, 0.3) is 0 Å². The Morgan fingerprint density at radius 1 is 1.21 bits per heavy atom. The van der Waals surface area contributed by atoms with E-state index in [2.05, 4.69) is 0 Å². The molecular weight excluding hydrogens is 184 g/mol. The molecule has 0 aromatic heterocycles. The van der Waals surface area contributed by atoms with Crippen LogP contribution in [0.1, 0.15) is 27.2 Å². The monoisotopic (exact) mass is 201 g/mol. The van der Waals surface area contributed by atoms with Gasteiger partial charge in [-0.25, -0.2) is 0 Å². The van der Waals surface area contributed by atoms with Crippen molar-refractivity contribution in [2.45, 2.75) is 33.0 Å². The summed E-state index contributed by atoms with van der Waals surface area (Å²) in [6.45, 7) is 5.68. The van der Waals surface area contributed by atoms with Gasteiger partial charge in [-0.15, -0.1) is 0 Å². The fourth-order valence-electron chi connectivity index (χ4n) is 1.05. The Morgan fingerprint density at radius 3 is 1.86 bits per heavy atom. The van der Waals surface area contributed by atoms with Crippen molar-refractivity contribution < 1.29 is 19.1 Å². The van der Waals surface area contributed by atoms with Gasteiger partial charge in [-0.05, 0) is 5.41 Å². The lowest BCUT2D eigenvalue weighted by Crippen LogP contribution is -2.45. The van der Waals surface area contributed by atoms with Crippen LogP contribution in [-0.4, -0.2) is 32.1 Å². The van der Waals surface area contributed by atoms with Crippen molar-refractivity contribution in [2.24, 2.45) is 5.41 Å². The maximum Gasteiger partial charge on any atom is 0.298 e. The average Bonchev–Trinajstić information content (AvgIpc) is 2.05. The molecule has 0 N–H and O–H groups in total. The van der Waals surface area contributed by atoms with E-state index in [9.17, 15) is 9.59 Å². The molecule has 0 atom stereocenters. The number of rotatable bonds is 5. The Morgan fingerprint density at radius 2 is 1.64 bits per heavy atom. The molecule has 0 aliphatic carbocycles. The van der Waals surface area contributed by atoms with Crippen molar-refractivity contribution in [1.82, 2.24) is 0 Å². The molecule has 0 aliphatic heterocycles. The van der Waals surface area contributed by atoms with Crippen LogP contribution >= 0.6 is 0 Å². The highest BCUT2D eigenvalue weighted by Crippen LogP contribution is 2.24. The van der Waals surface area contributed by atoms with Gasteiger partial charge >= 0.3 is 0 Å². The van der Waals surface area contributed by atoms with Gasteiger partial charge in [-0.2, -0.15) is 0 Å². The van der Waals surface area contributed by atoms with E-state index in [-0.39, 0.29) is 11.8 Å². The highest BCUT2D eigenvalue weighted by atomic mass is 16.7. The van der Waals surface area contributed by atoms with Crippen LogP contribution in [-0.2, 0) is 19.1 Å². The Labute approximate surface area is 84.6 Å². The SMILES string of the molecule is COC([C]=O)(OC)C(=O)CC(C)(C)C. The minimum absolute atomic E-state index is 0.198. The third-order valence-electron chi connectivity index (χ3n) is 1.77. The van der Waals surface area contributed by atoms with E-state index in [0.717, 1.165) is 0 Å². The molecule has 0 fully saturated rings. The molecule has 0 bridgehead atoms. The van der Waals surface area contributed by atoms with Gasteiger partial charge in [0.2, 0.25) is 5.78 Å². The van der Waals surface area contributed by atoms with Gasteiger partial charge < -0.3 is 9.47 Å². The Bertz CT molecular complexity index is 211. The van der Waals surface area contributed by atoms with Crippen LogP contribution in [0.15, 0.2) is 0 Å². The average molecular weight is 201 g/mol. The summed E-state index contributed by atoms with van der Waals surface area (Å²) in [5.41, 5.74) is -0.212. The maximum atomic E-state index is 11.7.